The summed E-state index contributed by atoms with van der Waals surface area (Å²) in [5.41, 5.74) is 5.83. The summed E-state index contributed by atoms with van der Waals surface area (Å²) in [5.74, 6) is 0.624. The number of nitrogens with two attached hydrogens (primary N) is 1. The topological polar surface area (TPSA) is 64.3 Å². The van der Waals surface area contributed by atoms with Gasteiger partial charge in [-0.2, -0.15) is 0 Å². The lowest BCUT2D eigenvalue weighted by molar-refractivity contribution is -0.132. The number of ether oxygens (including phenoxy) is 1. The summed E-state index contributed by atoms with van der Waals surface area (Å²) < 4.78 is 5.50. The molecule has 1 aliphatic carbocycles. The van der Waals surface area contributed by atoms with Crippen molar-refractivity contribution >= 4 is 23.1 Å². The first-order valence-electron chi connectivity index (χ1n) is 7.31. The van der Waals surface area contributed by atoms with Gasteiger partial charge in [0, 0.05) is 6.61 Å². The number of hydrogen-bond acceptors (Lipinski definition) is 3. The fraction of sp³-hybridized carbons (Fsp3) is 0.857. The van der Waals surface area contributed by atoms with E-state index in [1.807, 2.05) is 6.92 Å². The molecule has 0 aromatic heterocycles. The van der Waals surface area contributed by atoms with Crippen molar-refractivity contribution in [3.63, 3.8) is 0 Å². The summed E-state index contributed by atoms with van der Waals surface area (Å²) in [6, 6.07) is -0.167. The van der Waals surface area contributed by atoms with Crippen LogP contribution in [0.2, 0.25) is 0 Å². The second-order valence-electron chi connectivity index (χ2n) is 5.84. The van der Waals surface area contributed by atoms with Gasteiger partial charge in [-0.25, -0.2) is 0 Å². The van der Waals surface area contributed by atoms with Crippen LogP contribution in [0, 0.1) is 11.8 Å². The molecule has 0 aromatic carbocycles. The molecule has 2 aliphatic rings. The Bertz CT molecular complexity index is 342. The molecule has 1 amide bonds. The number of thiocarbonyl (C=S) groups is 1. The molecule has 1 saturated carbocycles. The molecular formula is C14H24N2O2S. The molecule has 0 radical (unpaired) electrons. The monoisotopic (exact) mass is 284 g/mol. The van der Waals surface area contributed by atoms with Crippen LogP contribution in [0.1, 0.15) is 45.4 Å². The summed E-state index contributed by atoms with van der Waals surface area (Å²) in [5, 5.41) is 3.03. The molecule has 1 aliphatic heterocycles. The van der Waals surface area contributed by atoms with Gasteiger partial charge in [-0.1, -0.05) is 38.4 Å². The normalized spacial score (nSPS) is 29.9. The van der Waals surface area contributed by atoms with Crippen molar-refractivity contribution < 1.29 is 9.53 Å². The van der Waals surface area contributed by atoms with Gasteiger partial charge in [-0.15, -0.1) is 0 Å². The SMILES string of the molecule is CC1CCOC1C(=O)NC(C(N)=S)C1CCCCC1. The fourth-order valence-electron chi connectivity index (χ4n) is 3.15. The Morgan fingerprint density at radius 1 is 1.32 bits per heavy atom. The minimum atomic E-state index is -0.333. The smallest absolute Gasteiger partial charge is 0.249 e. The molecule has 0 aromatic rings. The average Bonchev–Trinajstić information content (AvgIpc) is 2.82. The van der Waals surface area contributed by atoms with Crippen LogP contribution in [-0.2, 0) is 9.53 Å². The second kappa shape index (κ2) is 6.66. The van der Waals surface area contributed by atoms with Crippen molar-refractivity contribution in [3.8, 4) is 0 Å². The molecule has 0 spiro atoms. The predicted octanol–water partition coefficient (Wildman–Crippen LogP) is 1.76. The summed E-state index contributed by atoms with van der Waals surface area (Å²) in [7, 11) is 0. The maximum Gasteiger partial charge on any atom is 0.249 e. The third kappa shape index (κ3) is 3.66. The van der Waals surface area contributed by atoms with Crippen LogP contribution in [-0.4, -0.2) is 29.6 Å². The fourth-order valence-corrected chi connectivity index (χ4v) is 3.41. The van der Waals surface area contributed by atoms with Gasteiger partial charge >= 0.3 is 0 Å². The number of carbonyl (C=O) groups excluding carboxylic acids is 1. The van der Waals surface area contributed by atoms with Gasteiger partial charge in [0.25, 0.3) is 0 Å². The van der Waals surface area contributed by atoms with Crippen molar-refractivity contribution in [1.29, 1.82) is 0 Å². The first-order valence-corrected chi connectivity index (χ1v) is 7.71. The quantitative estimate of drug-likeness (QED) is 0.772. The van der Waals surface area contributed by atoms with Gasteiger partial charge in [0.05, 0.1) is 11.0 Å². The molecule has 19 heavy (non-hydrogen) atoms. The highest BCUT2D eigenvalue weighted by Gasteiger charge is 2.34. The van der Waals surface area contributed by atoms with Crippen molar-refractivity contribution in [2.75, 3.05) is 6.61 Å². The highest BCUT2D eigenvalue weighted by Crippen LogP contribution is 2.27. The van der Waals surface area contributed by atoms with Gasteiger partial charge in [0.1, 0.15) is 6.10 Å². The minimum Gasteiger partial charge on any atom is -0.392 e. The number of rotatable bonds is 4. The van der Waals surface area contributed by atoms with Crippen LogP contribution in [0.5, 0.6) is 0 Å². The van der Waals surface area contributed by atoms with Crippen LogP contribution in [0.25, 0.3) is 0 Å². The molecule has 4 nitrogen and oxygen atoms in total. The van der Waals surface area contributed by atoms with Crippen molar-refractivity contribution in [1.82, 2.24) is 5.32 Å². The van der Waals surface area contributed by atoms with E-state index in [0.717, 1.165) is 19.3 Å². The van der Waals surface area contributed by atoms with E-state index in [2.05, 4.69) is 5.32 Å². The minimum absolute atomic E-state index is 0.0478. The number of amides is 1. The third-order valence-electron chi connectivity index (χ3n) is 4.37. The zero-order chi connectivity index (χ0) is 13.8. The first-order chi connectivity index (χ1) is 9.09. The standard InChI is InChI=1S/C14H24N2O2S/c1-9-7-8-18-12(9)14(17)16-11(13(15)19)10-5-3-2-4-6-10/h9-12H,2-8H2,1H3,(H2,15,19)(H,16,17). The highest BCUT2D eigenvalue weighted by atomic mass is 32.1. The van der Waals surface area contributed by atoms with Gasteiger partial charge in [-0.3, -0.25) is 4.79 Å². The van der Waals surface area contributed by atoms with E-state index in [0.29, 0.717) is 17.5 Å². The maximum atomic E-state index is 12.3. The van der Waals surface area contributed by atoms with E-state index < -0.39 is 0 Å². The van der Waals surface area contributed by atoms with E-state index in [-0.39, 0.29) is 24.0 Å². The Hall–Kier alpha value is -0.680. The molecule has 5 heteroatoms. The maximum absolute atomic E-state index is 12.3. The van der Waals surface area contributed by atoms with Crippen LogP contribution < -0.4 is 11.1 Å². The average molecular weight is 284 g/mol. The Balaban J connectivity index is 1.95. The van der Waals surface area contributed by atoms with E-state index in [1.54, 1.807) is 0 Å². The third-order valence-corrected chi connectivity index (χ3v) is 4.63. The van der Waals surface area contributed by atoms with E-state index in [4.69, 9.17) is 22.7 Å². The highest BCUT2D eigenvalue weighted by molar-refractivity contribution is 7.80. The van der Waals surface area contributed by atoms with Crippen molar-refractivity contribution in [2.45, 2.75) is 57.6 Å². The molecule has 2 fully saturated rings. The molecule has 1 heterocycles. The first kappa shape index (κ1) is 14.7. The van der Waals surface area contributed by atoms with Crippen LogP contribution >= 0.6 is 12.2 Å². The summed E-state index contributed by atoms with van der Waals surface area (Å²) in [6.07, 6.45) is 6.50. The van der Waals surface area contributed by atoms with E-state index in [1.165, 1.54) is 19.3 Å². The van der Waals surface area contributed by atoms with Crippen LogP contribution in [0.4, 0.5) is 0 Å². The number of nitrogens with one attached hydrogen (secondary N) is 1. The van der Waals surface area contributed by atoms with Gasteiger partial charge in [-0.05, 0) is 31.1 Å². The zero-order valence-corrected chi connectivity index (χ0v) is 12.4. The molecule has 108 valence electrons. The van der Waals surface area contributed by atoms with Gasteiger partial charge in [0.15, 0.2) is 0 Å². The molecule has 2 rings (SSSR count). The Kier molecular flexibility index (Phi) is 5.16. The van der Waals surface area contributed by atoms with Gasteiger partial charge < -0.3 is 15.8 Å². The second-order valence-corrected chi connectivity index (χ2v) is 6.32. The van der Waals surface area contributed by atoms with E-state index >= 15 is 0 Å². The van der Waals surface area contributed by atoms with Gasteiger partial charge in [0.2, 0.25) is 5.91 Å². The zero-order valence-electron chi connectivity index (χ0n) is 11.6. The lowest BCUT2D eigenvalue weighted by Gasteiger charge is -2.31. The summed E-state index contributed by atoms with van der Waals surface area (Å²) >= 11 is 5.14. The van der Waals surface area contributed by atoms with Crippen LogP contribution in [0.15, 0.2) is 0 Å². The largest absolute Gasteiger partial charge is 0.392 e. The van der Waals surface area contributed by atoms with Crippen LogP contribution in [0.3, 0.4) is 0 Å². The Morgan fingerprint density at radius 2 is 2.00 bits per heavy atom. The molecular weight excluding hydrogens is 260 g/mol. The Morgan fingerprint density at radius 3 is 2.53 bits per heavy atom. The van der Waals surface area contributed by atoms with E-state index in [9.17, 15) is 4.79 Å². The summed E-state index contributed by atoms with van der Waals surface area (Å²) in [6.45, 7) is 2.72. The molecule has 3 atom stereocenters. The molecule has 1 saturated heterocycles. The summed E-state index contributed by atoms with van der Waals surface area (Å²) in [4.78, 5) is 12.7. The molecule has 3 unspecified atom stereocenters. The van der Waals surface area contributed by atoms with Crippen molar-refractivity contribution in [2.24, 2.45) is 17.6 Å². The number of hydrogen-bond donors (Lipinski definition) is 2. The number of carbonyl (C=O) groups is 1. The van der Waals surface area contributed by atoms with Crippen molar-refractivity contribution in [3.05, 3.63) is 0 Å². The lowest BCUT2D eigenvalue weighted by Crippen LogP contribution is -2.52. The Labute approximate surface area is 120 Å². The molecule has 3 N–H and O–H groups in total. The lowest BCUT2D eigenvalue weighted by atomic mass is 9.83. The predicted molar refractivity (Wildman–Crippen MR) is 78.8 cm³/mol. The molecule has 0 bridgehead atoms.